The van der Waals surface area contributed by atoms with Crippen molar-refractivity contribution in [3.05, 3.63) is 40.4 Å². The van der Waals surface area contributed by atoms with E-state index in [-0.39, 0.29) is 11.7 Å². The zero-order chi connectivity index (χ0) is 14.4. The van der Waals surface area contributed by atoms with Gasteiger partial charge in [-0.3, -0.25) is 9.36 Å². The average Bonchev–Trinajstić information content (AvgIpc) is 3.09. The second-order valence-electron chi connectivity index (χ2n) is 5.73. The van der Waals surface area contributed by atoms with E-state index in [1.807, 2.05) is 19.1 Å². The zero-order valence-electron chi connectivity index (χ0n) is 11.9. The molecule has 0 saturated carbocycles. The molecule has 5 heteroatoms. The summed E-state index contributed by atoms with van der Waals surface area (Å²) in [5.74, 6) is 0. The summed E-state index contributed by atoms with van der Waals surface area (Å²) in [5.41, 5.74) is 3.42. The van der Waals surface area contributed by atoms with Crippen LogP contribution in [-0.2, 0) is 11.3 Å². The van der Waals surface area contributed by atoms with Crippen LogP contribution in [0.2, 0.25) is 0 Å². The number of aromatic nitrogens is 3. The van der Waals surface area contributed by atoms with Gasteiger partial charge in [0.05, 0.1) is 19.0 Å². The molecule has 1 unspecified atom stereocenters. The molecule has 1 N–H and O–H groups in total. The van der Waals surface area contributed by atoms with Crippen molar-refractivity contribution in [2.75, 3.05) is 6.61 Å². The van der Waals surface area contributed by atoms with E-state index < -0.39 is 0 Å². The van der Waals surface area contributed by atoms with Crippen LogP contribution >= 0.6 is 0 Å². The van der Waals surface area contributed by atoms with Crippen LogP contribution in [0.25, 0.3) is 21.9 Å². The van der Waals surface area contributed by atoms with Crippen LogP contribution in [0.1, 0.15) is 18.4 Å². The molecule has 108 valence electrons. The molecular weight excluding hydrogens is 266 g/mol. The van der Waals surface area contributed by atoms with Gasteiger partial charge in [0.15, 0.2) is 0 Å². The standard InChI is InChI=1S/C16H17N3O2/c1-10-4-5-13-12(7-10)14-15(18-13)16(20)19(9-17-14)8-11-3-2-6-21-11/h4-5,7,9,11,18H,2-3,6,8H2,1H3. The third kappa shape index (κ3) is 2.05. The molecule has 1 aliphatic rings. The van der Waals surface area contributed by atoms with Gasteiger partial charge >= 0.3 is 0 Å². The van der Waals surface area contributed by atoms with E-state index in [4.69, 9.17) is 4.74 Å². The minimum absolute atomic E-state index is 0.0237. The second-order valence-corrected chi connectivity index (χ2v) is 5.73. The summed E-state index contributed by atoms with van der Waals surface area (Å²) in [5, 5.41) is 1.01. The number of H-pyrrole nitrogens is 1. The van der Waals surface area contributed by atoms with Gasteiger partial charge in [0.25, 0.3) is 5.56 Å². The van der Waals surface area contributed by atoms with Crippen molar-refractivity contribution in [3.63, 3.8) is 0 Å². The molecule has 0 spiro atoms. The molecular formula is C16H17N3O2. The molecule has 1 saturated heterocycles. The number of aromatic amines is 1. The molecule has 0 aliphatic carbocycles. The summed E-state index contributed by atoms with van der Waals surface area (Å²) < 4.78 is 7.25. The normalized spacial score (nSPS) is 18.8. The highest BCUT2D eigenvalue weighted by Gasteiger charge is 2.18. The molecule has 3 heterocycles. The van der Waals surface area contributed by atoms with E-state index in [1.54, 1.807) is 10.9 Å². The van der Waals surface area contributed by atoms with E-state index in [2.05, 4.69) is 16.0 Å². The first-order valence-electron chi connectivity index (χ1n) is 7.31. The highest BCUT2D eigenvalue weighted by atomic mass is 16.5. The van der Waals surface area contributed by atoms with E-state index in [0.717, 1.165) is 41.4 Å². The maximum Gasteiger partial charge on any atom is 0.277 e. The summed E-state index contributed by atoms with van der Waals surface area (Å²) >= 11 is 0. The molecule has 1 aromatic carbocycles. The van der Waals surface area contributed by atoms with E-state index in [0.29, 0.717) is 12.1 Å². The molecule has 0 bridgehead atoms. The Morgan fingerprint density at radius 1 is 1.48 bits per heavy atom. The number of nitrogens with zero attached hydrogens (tertiary/aromatic N) is 2. The van der Waals surface area contributed by atoms with Crippen LogP contribution < -0.4 is 5.56 Å². The summed E-state index contributed by atoms with van der Waals surface area (Å²) in [6.07, 6.45) is 3.85. The zero-order valence-corrected chi connectivity index (χ0v) is 11.9. The quantitative estimate of drug-likeness (QED) is 0.785. The topological polar surface area (TPSA) is 59.9 Å². The Kier molecular flexibility index (Phi) is 2.82. The van der Waals surface area contributed by atoms with Gasteiger partial charge in [-0.1, -0.05) is 11.6 Å². The third-order valence-electron chi connectivity index (χ3n) is 4.15. The maximum absolute atomic E-state index is 12.6. The number of aryl methyl sites for hydroxylation is 1. The van der Waals surface area contributed by atoms with Gasteiger partial charge in [0.1, 0.15) is 11.0 Å². The van der Waals surface area contributed by atoms with E-state index >= 15 is 0 Å². The first-order valence-corrected chi connectivity index (χ1v) is 7.31. The van der Waals surface area contributed by atoms with Crippen molar-refractivity contribution < 1.29 is 4.74 Å². The van der Waals surface area contributed by atoms with Gasteiger partial charge in [0.2, 0.25) is 0 Å². The molecule has 1 atom stereocenters. The summed E-state index contributed by atoms with van der Waals surface area (Å²) in [6, 6.07) is 6.09. The molecule has 3 aromatic rings. The van der Waals surface area contributed by atoms with Gasteiger partial charge in [-0.25, -0.2) is 4.98 Å². The van der Waals surface area contributed by atoms with Crippen LogP contribution in [0.15, 0.2) is 29.3 Å². The first kappa shape index (κ1) is 12.6. The molecule has 4 rings (SSSR count). The smallest absolute Gasteiger partial charge is 0.277 e. The Balaban J connectivity index is 1.86. The van der Waals surface area contributed by atoms with Gasteiger partial charge in [-0.2, -0.15) is 0 Å². The number of hydrogen-bond acceptors (Lipinski definition) is 3. The Bertz CT molecular complexity index is 872. The van der Waals surface area contributed by atoms with E-state index in [9.17, 15) is 4.79 Å². The molecule has 2 aromatic heterocycles. The molecule has 0 radical (unpaired) electrons. The number of benzene rings is 1. The lowest BCUT2D eigenvalue weighted by molar-refractivity contribution is 0.0960. The number of rotatable bonds is 2. The van der Waals surface area contributed by atoms with Gasteiger partial charge < -0.3 is 9.72 Å². The molecule has 1 fully saturated rings. The summed E-state index contributed by atoms with van der Waals surface area (Å²) in [6.45, 7) is 3.41. The predicted octanol–water partition coefficient (Wildman–Crippen LogP) is 2.37. The van der Waals surface area contributed by atoms with Crippen molar-refractivity contribution in [3.8, 4) is 0 Å². The van der Waals surface area contributed by atoms with Crippen LogP contribution in [0, 0.1) is 6.92 Å². The predicted molar refractivity (Wildman–Crippen MR) is 81.6 cm³/mol. The Morgan fingerprint density at radius 2 is 2.38 bits per heavy atom. The Hall–Kier alpha value is -2.14. The number of nitrogens with one attached hydrogen (secondary N) is 1. The fraction of sp³-hybridized carbons (Fsp3) is 0.375. The molecule has 5 nitrogen and oxygen atoms in total. The third-order valence-corrected chi connectivity index (χ3v) is 4.15. The Labute approximate surface area is 121 Å². The summed E-state index contributed by atoms with van der Waals surface area (Å²) in [7, 11) is 0. The SMILES string of the molecule is Cc1ccc2[nH]c3c(=O)n(CC4CCCO4)cnc3c2c1. The number of ether oxygens (including phenoxy) is 1. The Morgan fingerprint density at radius 3 is 3.19 bits per heavy atom. The van der Waals surface area contributed by atoms with Gasteiger partial charge in [0, 0.05) is 17.5 Å². The fourth-order valence-electron chi connectivity index (χ4n) is 3.04. The highest BCUT2D eigenvalue weighted by molar-refractivity contribution is 6.04. The largest absolute Gasteiger partial charge is 0.376 e. The first-order chi connectivity index (χ1) is 10.2. The van der Waals surface area contributed by atoms with Gasteiger partial charge in [-0.05, 0) is 31.9 Å². The molecule has 21 heavy (non-hydrogen) atoms. The van der Waals surface area contributed by atoms with Crippen molar-refractivity contribution in [1.29, 1.82) is 0 Å². The number of fused-ring (bicyclic) bond motifs is 3. The lowest BCUT2D eigenvalue weighted by atomic mass is 10.2. The van der Waals surface area contributed by atoms with Crippen LogP contribution in [0.4, 0.5) is 0 Å². The van der Waals surface area contributed by atoms with Crippen LogP contribution in [0.3, 0.4) is 0 Å². The van der Waals surface area contributed by atoms with Crippen LogP contribution in [0.5, 0.6) is 0 Å². The molecule has 0 amide bonds. The highest BCUT2D eigenvalue weighted by Crippen LogP contribution is 2.22. The van der Waals surface area contributed by atoms with Crippen molar-refractivity contribution >= 4 is 21.9 Å². The average molecular weight is 283 g/mol. The lowest BCUT2D eigenvalue weighted by Gasteiger charge is -2.10. The van der Waals surface area contributed by atoms with Crippen molar-refractivity contribution in [1.82, 2.24) is 14.5 Å². The monoisotopic (exact) mass is 283 g/mol. The van der Waals surface area contributed by atoms with Crippen LogP contribution in [-0.4, -0.2) is 27.2 Å². The summed E-state index contributed by atoms with van der Waals surface area (Å²) in [4.78, 5) is 20.3. The van der Waals surface area contributed by atoms with Crippen molar-refractivity contribution in [2.45, 2.75) is 32.4 Å². The van der Waals surface area contributed by atoms with E-state index in [1.165, 1.54) is 0 Å². The molecule has 1 aliphatic heterocycles. The minimum atomic E-state index is -0.0237. The fourth-order valence-corrected chi connectivity index (χ4v) is 3.04. The van der Waals surface area contributed by atoms with Crippen molar-refractivity contribution in [2.24, 2.45) is 0 Å². The lowest BCUT2D eigenvalue weighted by Crippen LogP contribution is -2.26. The minimum Gasteiger partial charge on any atom is -0.376 e. The second kappa shape index (κ2) is 4.70. The maximum atomic E-state index is 12.6. The van der Waals surface area contributed by atoms with Gasteiger partial charge in [-0.15, -0.1) is 0 Å². The number of hydrogen-bond donors (Lipinski definition) is 1.